The molecule has 5 rings (SSSR count). The number of hydrogen-bond donors (Lipinski definition) is 1. The first kappa shape index (κ1) is 24.2. The van der Waals surface area contributed by atoms with E-state index in [-0.39, 0.29) is 48.3 Å². The minimum Gasteiger partial charge on any atom is -0.475 e. The second-order valence-electron chi connectivity index (χ2n) is 10.2. The standard InChI is InChI=1S/C27H33N5O4/c1-18(2)14-31-15-20-13-23(31)27(35)32-12-11-30(26(34)19-7-4-3-5-8-19)16-21(32)17-36-25-22(24(33)29-20)9-6-10-28-25/h3-10,18,20-21,23H,11-17H2,1-2H3,(H,29,33)/t20-,21+,23+/m1/s1. The molecule has 0 saturated carbocycles. The highest BCUT2D eigenvalue weighted by Gasteiger charge is 2.43. The number of aromatic nitrogens is 1. The van der Waals surface area contributed by atoms with Crippen LogP contribution in [0, 0.1) is 5.92 Å². The van der Waals surface area contributed by atoms with Crippen molar-refractivity contribution in [1.82, 2.24) is 25.0 Å². The third kappa shape index (κ3) is 4.93. The summed E-state index contributed by atoms with van der Waals surface area (Å²) in [4.78, 5) is 50.4. The van der Waals surface area contributed by atoms with Gasteiger partial charge in [0.05, 0.1) is 12.1 Å². The number of amides is 3. The van der Waals surface area contributed by atoms with E-state index in [0.29, 0.717) is 49.6 Å². The van der Waals surface area contributed by atoms with Crippen LogP contribution in [0.25, 0.3) is 0 Å². The summed E-state index contributed by atoms with van der Waals surface area (Å²) in [6.07, 6.45) is 2.15. The first-order valence-electron chi connectivity index (χ1n) is 12.7. The second kappa shape index (κ2) is 10.3. The Bertz CT molecular complexity index is 1120. The molecule has 3 aliphatic rings. The summed E-state index contributed by atoms with van der Waals surface area (Å²) in [5, 5.41) is 3.09. The fourth-order valence-corrected chi connectivity index (χ4v) is 5.48. The molecule has 9 heteroatoms. The molecule has 0 spiro atoms. The van der Waals surface area contributed by atoms with Crippen LogP contribution < -0.4 is 10.1 Å². The van der Waals surface area contributed by atoms with Crippen molar-refractivity contribution in [3.8, 4) is 5.88 Å². The van der Waals surface area contributed by atoms with E-state index < -0.39 is 0 Å². The SMILES string of the molecule is CC(C)CN1C[C@H]2C[C@H]1C(=O)N1CCN(C(=O)c3ccccc3)C[C@H]1COc1ncccc1C(=O)N2. The summed E-state index contributed by atoms with van der Waals surface area (Å²) in [7, 11) is 0. The number of nitrogens with zero attached hydrogens (tertiary/aromatic N) is 4. The molecule has 36 heavy (non-hydrogen) atoms. The van der Waals surface area contributed by atoms with E-state index in [4.69, 9.17) is 4.74 Å². The molecule has 0 unspecified atom stereocenters. The normalized spacial score (nSPS) is 24.8. The smallest absolute Gasteiger partial charge is 0.257 e. The Morgan fingerprint density at radius 1 is 1.11 bits per heavy atom. The van der Waals surface area contributed by atoms with Crippen LogP contribution in [0.1, 0.15) is 41.0 Å². The van der Waals surface area contributed by atoms with Crippen molar-refractivity contribution >= 4 is 17.7 Å². The lowest BCUT2D eigenvalue weighted by molar-refractivity contribution is -0.141. The zero-order chi connectivity index (χ0) is 25.2. The first-order valence-corrected chi connectivity index (χ1v) is 12.7. The quantitative estimate of drug-likeness (QED) is 0.702. The van der Waals surface area contributed by atoms with Crippen molar-refractivity contribution in [1.29, 1.82) is 0 Å². The first-order chi connectivity index (χ1) is 17.4. The monoisotopic (exact) mass is 491 g/mol. The van der Waals surface area contributed by atoms with Gasteiger partial charge in [0, 0.05) is 50.5 Å². The Balaban J connectivity index is 1.46. The van der Waals surface area contributed by atoms with Crippen LogP contribution in [0.5, 0.6) is 5.88 Å². The molecule has 2 saturated heterocycles. The molecule has 0 radical (unpaired) electrons. The zero-order valence-corrected chi connectivity index (χ0v) is 20.8. The van der Waals surface area contributed by atoms with Crippen LogP contribution in [-0.2, 0) is 4.79 Å². The topological polar surface area (TPSA) is 95.1 Å². The molecule has 3 amide bonds. The van der Waals surface area contributed by atoms with Crippen LogP contribution in [0.4, 0.5) is 0 Å². The van der Waals surface area contributed by atoms with Gasteiger partial charge in [0.1, 0.15) is 12.2 Å². The molecule has 2 fully saturated rings. The van der Waals surface area contributed by atoms with Gasteiger partial charge in [0.15, 0.2) is 0 Å². The van der Waals surface area contributed by atoms with E-state index in [1.54, 1.807) is 35.4 Å². The van der Waals surface area contributed by atoms with Crippen LogP contribution in [-0.4, -0.2) is 94.9 Å². The van der Waals surface area contributed by atoms with Gasteiger partial charge in [0.25, 0.3) is 11.8 Å². The Morgan fingerprint density at radius 2 is 1.92 bits per heavy atom. The van der Waals surface area contributed by atoms with Gasteiger partial charge in [-0.15, -0.1) is 0 Å². The summed E-state index contributed by atoms with van der Waals surface area (Å²) in [6.45, 7) is 7.05. The van der Waals surface area contributed by atoms with Gasteiger partial charge in [-0.3, -0.25) is 19.3 Å². The van der Waals surface area contributed by atoms with Crippen LogP contribution >= 0.6 is 0 Å². The average molecular weight is 492 g/mol. The lowest BCUT2D eigenvalue weighted by Crippen LogP contribution is -2.61. The van der Waals surface area contributed by atoms with Crippen molar-refractivity contribution in [2.75, 3.05) is 39.3 Å². The number of rotatable bonds is 3. The van der Waals surface area contributed by atoms with Gasteiger partial charge in [-0.05, 0) is 36.6 Å². The molecule has 190 valence electrons. The number of benzene rings is 1. The minimum atomic E-state index is -0.351. The van der Waals surface area contributed by atoms with Crippen LogP contribution in [0.15, 0.2) is 48.7 Å². The molecule has 3 aliphatic heterocycles. The molecule has 1 aromatic heterocycles. The maximum atomic E-state index is 13.9. The molecule has 1 aromatic carbocycles. The van der Waals surface area contributed by atoms with E-state index >= 15 is 0 Å². The Kier molecular flexibility index (Phi) is 6.91. The van der Waals surface area contributed by atoms with Gasteiger partial charge in [-0.25, -0.2) is 4.98 Å². The molecular formula is C27H33N5O4. The third-order valence-electron chi connectivity index (χ3n) is 7.13. The number of carbonyl (C=O) groups is 3. The Morgan fingerprint density at radius 3 is 2.69 bits per heavy atom. The number of nitrogens with one attached hydrogen (secondary N) is 1. The van der Waals surface area contributed by atoms with Gasteiger partial charge >= 0.3 is 0 Å². The predicted molar refractivity (Wildman–Crippen MR) is 134 cm³/mol. The number of pyridine rings is 1. The molecule has 9 nitrogen and oxygen atoms in total. The summed E-state index contributed by atoms with van der Waals surface area (Å²) in [6, 6.07) is 11.8. The molecular weight excluding hydrogens is 458 g/mol. The van der Waals surface area contributed by atoms with Crippen molar-refractivity contribution in [2.24, 2.45) is 5.92 Å². The maximum Gasteiger partial charge on any atom is 0.257 e. The predicted octanol–water partition coefficient (Wildman–Crippen LogP) is 1.66. The number of ether oxygens (including phenoxy) is 1. The number of likely N-dealkylation sites (tertiary alicyclic amines) is 1. The lowest BCUT2D eigenvalue weighted by Gasteiger charge is -2.43. The van der Waals surface area contributed by atoms with Gasteiger partial charge in [-0.2, -0.15) is 0 Å². The van der Waals surface area contributed by atoms with Gasteiger partial charge < -0.3 is 19.9 Å². The van der Waals surface area contributed by atoms with Crippen molar-refractivity contribution < 1.29 is 19.1 Å². The molecule has 4 heterocycles. The minimum absolute atomic E-state index is 0.0367. The van der Waals surface area contributed by atoms with E-state index in [1.165, 1.54) is 0 Å². The number of carbonyl (C=O) groups excluding carboxylic acids is 3. The van der Waals surface area contributed by atoms with Crippen LogP contribution in [0.3, 0.4) is 0 Å². The summed E-state index contributed by atoms with van der Waals surface area (Å²) in [5.41, 5.74) is 1.000. The fraction of sp³-hybridized carbons (Fsp3) is 0.481. The summed E-state index contributed by atoms with van der Waals surface area (Å²) >= 11 is 0. The highest BCUT2D eigenvalue weighted by molar-refractivity contribution is 5.97. The van der Waals surface area contributed by atoms with E-state index in [9.17, 15) is 14.4 Å². The number of fused-ring (bicyclic) bond motifs is 4. The molecule has 0 aliphatic carbocycles. The molecule has 2 aromatic rings. The fourth-order valence-electron chi connectivity index (χ4n) is 5.48. The van der Waals surface area contributed by atoms with E-state index in [2.05, 4.69) is 29.0 Å². The van der Waals surface area contributed by atoms with Gasteiger partial charge in [0.2, 0.25) is 11.8 Å². The molecule has 1 N–H and O–H groups in total. The highest BCUT2D eigenvalue weighted by Crippen LogP contribution is 2.26. The summed E-state index contributed by atoms with van der Waals surface area (Å²) < 4.78 is 6.05. The molecule has 2 bridgehead atoms. The van der Waals surface area contributed by atoms with E-state index in [1.807, 2.05) is 23.1 Å². The summed E-state index contributed by atoms with van der Waals surface area (Å²) in [5.74, 6) is 0.351. The number of piperazine rings is 1. The van der Waals surface area contributed by atoms with Crippen molar-refractivity contribution in [2.45, 2.75) is 38.4 Å². The largest absolute Gasteiger partial charge is 0.475 e. The number of hydrogen-bond acceptors (Lipinski definition) is 6. The van der Waals surface area contributed by atoms with Crippen molar-refractivity contribution in [3.63, 3.8) is 0 Å². The van der Waals surface area contributed by atoms with E-state index in [0.717, 1.165) is 6.54 Å². The maximum absolute atomic E-state index is 13.9. The van der Waals surface area contributed by atoms with Crippen molar-refractivity contribution in [3.05, 3.63) is 59.8 Å². The van der Waals surface area contributed by atoms with Crippen LogP contribution in [0.2, 0.25) is 0 Å². The Labute approximate surface area is 211 Å². The Hall–Kier alpha value is -3.46. The van der Waals surface area contributed by atoms with Gasteiger partial charge in [-0.1, -0.05) is 32.0 Å². The zero-order valence-electron chi connectivity index (χ0n) is 20.8. The average Bonchev–Trinajstić information content (AvgIpc) is 3.27. The lowest BCUT2D eigenvalue weighted by atomic mass is 10.1. The highest BCUT2D eigenvalue weighted by atomic mass is 16.5. The third-order valence-corrected chi connectivity index (χ3v) is 7.13. The second-order valence-corrected chi connectivity index (χ2v) is 10.2. The molecule has 3 atom stereocenters.